The quantitative estimate of drug-likeness (QED) is 0.159. The van der Waals surface area contributed by atoms with Gasteiger partial charge >= 0.3 is 23.9 Å². The standard InChI is InChI=1S/C21H33NO13/c1-12(23)22-18-20(34-15(4)26)19(33-14(3)25)16(11-32-13(2)24)35-21(18)31-10-9-30-8-7-29-6-5-17(27)28/h16,18-21H,5-11H2,1-4H3,(H,22,23)(H,27,28)/t16-,18-,19+,20-,21-/m1/s1. The van der Waals surface area contributed by atoms with Gasteiger partial charge in [-0.25, -0.2) is 0 Å². The van der Waals surface area contributed by atoms with Gasteiger partial charge in [0, 0.05) is 27.7 Å². The van der Waals surface area contributed by atoms with E-state index in [0.29, 0.717) is 0 Å². The maximum absolute atomic E-state index is 11.8. The number of aliphatic carboxylic acids is 1. The molecule has 1 fully saturated rings. The van der Waals surface area contributed by atoms with Gasteiger partial charge in [-0.2, -0.15) is 0 Å². The minimum absolute atomic E-state index is 0.0127. The van der Waals surface area contributed by atoms with Crippen molar-refractivity contribution in [3.8, 4) is 0 Å². The number of hydrogen-bond acceptors (Lipinski definition) is 12. The van der Waals surface area contributed by atoms with Gasteiger partial charge in [-0.15, -0.1) is 0 Å². The number of amides is 1. The molecular formula is C21H33NO13. The molecule has 0 unspecified atom stereocenters. The molecule has 0 aromatic heterocycles. The first-order valence-electron chi connectivity index (χ1n) is 10.9. The summed E-state index contributed by atoms with van der Waals surface area (Å²) in [5.74, 6) is -3.47. The number of esters is 3. The van der Waals surface area contributed by atoms with E-state index in [1.54, 1.807) is 0 Å². The highest BCUT2D eigenvalue weighted by atomic mass is 16.7. The summed E-state index contributed by atoms with van der Waals surface area (Å²) in [6.07, 6.45) is -4.76. The van der Waals surface area contributed by atoms with Crippen LogP contribution in [0.4, 0.5) is 0 Å². The number of nitrogens with one attached hydrogen (secondary N) is 1. The molecule has 1 saturated heterocycles. The van der Waals surface area contributed by atoms with Crippen LogP contribution >= 0.6 is 0 Å². The monoisotopic (exact) mass is 507 g/mol. The second-order valence-corrected chi connectivity index (χ2v) is 7.46. The van der Waals surface area contributed by atoms with Crippen molar-refractivity contribution >= 4 is 29.8 Å². The Bertz CT molecular complexity index is 728. The van der Waals surface area contributed by atoms with Crippen LogP contribution in [-0.4, -0.2) is 105 Å². The molecule has 1 amide bonds. The molecule has 200 valence electrons. The van der Waals surface area contributed by atoms with E-state index in [1.807, 2.05) is 0 Å². The van der Waals surface area contributed by atoms with E-state index >= 15 is 0 Å². The van der Waals surface area contributed by atoms with Crippen LogP contribution < -0.4 is 5.32 Å². The predicted molar refractivity (Wildman–Crippen MR) is 114 cm³/mol. The van der Waals surface area contributed by atoms with Crippen molar-refractivity contribution < 1.29 is 62.2 Å². The molecule has 1 aliphatic heterocycles. The van der Waals surface area contributed by atoms with Gasteiger partial charge in [-0.3, -0.25) is 24.0 Å². The normalized spacial score (nSPS) is 23.7. The van der Waals surface area contributed by atoms with Gasteiger partial charge in [0.15, 0.2) is 18.5 Å². The summed E-state index contributed by atoms with van der Waals surface area (Å²) in [4.78, 5) is 57.1. The Morgan fingerprint density at radius 3 is 1.91 bits per heavy atom. The van der Waals surface area contributed by atoms with E-state index < -0.39 is 60.4 Å². The van der Waals surface area contributed by atoms with E-state index in [-0.39, 0.29) is 46.1 Å². The second kappa shape index (κ2) is 16.0. The number of rotatable bonds is 15. The lowest BCUT2D eigenvalue weighted by atomic mass is 9.96. The minimum Gasteiger partial charge on any atom is -0.481 e. The molecule has 2 N–H and O–H groups in total. The molecule has 0 spiro atoms. The van der Waals surface area contributed by atoms with E-state index in [0.717, 1.165) is 13.8 Å². The van der Waals surface area contributed by atoms with Crippen LogP contribution in [0.15, 0.2) is 0 Å². The predicted octanol–water partition coefficient (Wildman–Crippen LogP) is -0.833. The molecule has 0 saturated carbocycles. The number of carbonyl (C=O) groups excluding carboxylic acids is 4. The van der Waals surface area contributed by atoms with Gasteiger partial charge in [-0.1, -0.05) is 0 Å². The van der Waals surface area contributed by atoms with E-state index in [1.165, 1.54) is 13.8 Å². The van der Waals surface area contributed by atoms with Crippen molar-refractivity contribution in [2.45, 2.75) is 64.8 Å². The lowest BCUT2D eigenvalue weighted by Crippen LogP contribution is -2.66. The van der Waals surface area contributed by atoms with Crippen molar-refractivity contribution in [1.29, 1.82) is 0 Å². The molecule has 0 bridgehead atoms. The second-order valence-electron chi connectivity index (χ2n) is 7.46. The molecular weight excluding hydrogens is 474 g/mol. The van der Waals surface area contributed by atoms with Crippen molar-refractivity contribution in [2.75, 3.05) is 39.6 Å². The fourth-order valence-electron chi connectivity index (χ4n) is 3.14. The van der Waals surface area contributed by atoms with Crippen molar-refractivity contribution in [3.63, 3.8) is 0 Å². The molecule has 5 atom stereocenters. The third-order valence-electron chi connectivity index (χ3n) is 4.41. The molecule has 14 heteroatoms. The Hall–Kier alpha value is -2.81. The SMILES string of the molecule is CC(=O)N[C@H]1[C@H](OCCOCCOCCC(=O)O)O[C@H](COC(C)=O)[C@H](OC(C)=O)[C@@H]1OC(C)=O. The average Bonchev–Trinajstić information content (AvgIpc) is 2.73. The Kier molecular flexibility index (Phi) is 13.8. The molecule has 1 heterocycles. The van der Waals surface area contributed by atoms with Crippen LogP contribution in [0.5, 0.6) is 0 Å². The number of carboxylic acid groups (broad SMARTS) is 1. The fourth-order valence-corrected chi connectivity index (χ4v) is 3.14. The summed E-state index contributed by atoms with van der Waals surface area (Å²) in [7, 11) is 0. The minimum atomic E-state index is -1.21. The lowest BCUT2D eigenvalue weighted by molar-refractivity contribution is -0.279. The van der Waals surface area contributed by atoms with Gasteiger partial charge in [0.1, 0.15) is 18.8 Å². The molecule has 0 radical (unpaired) electrons. The van der Waals surface area contributed by atoms with Gasteiger partial charge in [0.2, 0.25) is 5.91 Å². The van der Waals surface area contributed by atoms with Crippen molar-refractivity contribution in [1.82, 2.24) is 5.32 Å². The largest absolute Gasteiger partial charge is 0.481 e. The van der Waals surface area contributed by atoms with Crippen molar-refractivity contribution in [2.24, 2.45) is 0 Å². The summed E-state index contributed by atoms with van der Waals surface area (Å²) < 4.78 is 37.7. The maximum atomic E-state index is 11.8. The van der Waals surface area contributed by atoms with Gasteiger partial charge in [0.05, 0.1) is 39.5 Å². The summed E-state index contributed by atoms with van der Waals surface area (Å²) in [5, 5.41) is 11.1. The van der Waals surface area contributed by atoms with E-state index in [4.69, 9.17) is 38.3 Å². The third-order valence-corrected chi connectivity index (χ3v) is 4.41. The molecule has 14 nitrogen and oxygen atoms in total. The summed E-state index contributed by atoms with van der Waals surface area (Å²) >= 11 is 0. The van der Waals surface area contributed by atoms with Crippen LogP contribution in [0.2, 0.25) is 0 Å². The van der Waals surface area contributed by atoms with Crippen LogP contribution in [0.1, 0.15) is 34.1 Å². The molecule has 0 aromatic carbocycles. The zero-order chi connectivity index (χ0) is 26.4. The summed E-state index contributed by atoms with van der Waals surface area (Å²) in [5.41, 5.74) is 0. The van der Waals surface area contributed by atoms with Gasteiger partial charge in [0.25, 0.3) is 0 Å². The van der Waals surface area contributed by atoms with Crippen LogP contribution in [0.3, 0.4) is 0 Å². The van der Waals surface area contributed by atoms with Crippen LogP contribution in [0, 0.1) is 0 Å². The summed E-state index contributed by atoms with van der Waals surface area (Å²) in [6, 6.07) is -1.06. The number of carbonyl (C=O) groups is 5. The van der Waals surface area contributed by atoms with E-state index in [2.05, 4.69) is 5.32 Å². The van der Waals surface area contributed by atoms with E-state index in [9.17, 15) is 24.0 Å². The Labute approximate surface area is 202 Å². The number of hydrogen-bond donors (Lipinski definition) is 2. The first-order valence-corrected chi connectivity index (χ1v) is 10.9. The first-order chi connectivity index (χ1) is 16.5. The zero-order valence-electron chi connectivity index (χ0n) is 20.2. The number of carboxylic acids is 1. The highest BCUT2D eigenvalue weighted by Gasteiger charge is 2.51. The third kappa shape index (κ3) is 12.5. The Morgan fingerprint density at radius 2 is 1.37 bits per heavy atom. The van der Waals surface area contributed by atoms with Crippen molar-refractivity contribution in [3.05, 3.63) is 0 Å². The number of ether oxygens (including phenoxy) is 7. The van der Waals surface area contributed by atoms with Gasteiger partial charge in [-0.05, 0) is 0 Å². The highest BCUT2D eigenvalue weighted by Crippen LogP contribution is 2.28. The fraction of sp³-hybridized carbons (Fsp3) is 0.762. The van der Waals surface area contributed by atoms with Gasteiger partial charge < -0.3 is 43.6 Å². The highest BCUT2D eigenvalue weighted by molar-refractivity contribution is 5.73. The molecule has 0 aliphatic carbocycles. The lowest BCUT2D eigenvalue weighted by Gasteiger charge is -2.44. The van der Waals surface area contributed by atoms with Crippen LogP contribution in [-0.2, 0) is 57.1 Å². The topological polar surface area (TPSA) is 182 Å². The Morgan fingerprint density at radius 1 is 0.800 bits per heavy atom. The smallest absolute Gasteiger partial charge is 0.305 e. The Balaban J connectivity index is 2.85. The summed E-state index contributed by atoms with van der Waals surface area (Å²) in [6.45, 7) is 4.90. The van der Waals surface area contributed by atoms with Crippen LogP contribution in [0.25, 0.3) is 0 Å². The molecule has 0 aromatic rings. The first kappa shape index (κ1) is 30.2. The molecule has 1 aliphatic rings. The average molecular weight is 507 g/mol. The zero-order valence-corrected chi connectivity index (χ0v) is 20.2. The molecule has 1 rings (SSSR count). The maximum Gasteiger partial charge on any atom is 0.305 e. The molecule has 35 heavy (non-hydrogen) atoms.